The number of aliphatic hydroxyl groups is 1. The summed E-state index contributed by atoms with van der Waals surface area (Å²) in [7, 11) is -3.58. The van der Waals surface area contributed by atoms with Gasteiger partial charge in [0.15, 0.2) is 0 Å². The van der Waals surface area contributed by atoms with Gasteiger partial charge < -0.3 is 10.4 Å². The van der Waals surface area contributed by atoms with Crippen molar-refractivity contribution < 1.29 is 18.3 Å². The molecule has 0 radical (unpaired) electrons. The fourth-order valence-corrected chi connectivity index (χ4v) is 2.95. The summed E-state index contributed by atoms with van der Waals surface area (Å²) in [5, 5.41) is 11.5. The molecule has 0 spiro atoms. The van der Waals surface area contributed by atoms with Gasteiger partial charge >= 0.3 is 0 Å². The highest BCUT2D eigenvalue weighted by Crippen LogP contribution is 2.28. The SMILES string of the molecule is CC(CO)NC(=O)c1cccc(S(=O)(=O)NCC2CC2)c1. The van der Waals surface area contributed by atoms with Crippen LogP contribution in [0.15, 0.2) is 29.2 Å². The van der Waals surface area contributed by atoms with Crippen molar-refractivity contribution in [3.63, 3.8) is 0 Å². The van der Waals surface area contributed by atoms with Crippen LogP contribution < -0.4 is 10.0 Å². The van der Waals surface area contributed by atoms with E-state index in [1.807, 2.05) is 0 Å². The van der Waals surface area contributed by atoms with Crippen molar-refractivity contribution in [2.45, 2.75) is 30.7 Å². The van der Waals surface area contributed by atoms with Crippen molar-refractivity contribution >= 4 is 15.9 Å². The molecule has 2 rings (SSSR count). The normalized spacial score (nSPS) is 16.5. The van der Waals surface area contributed by atoms with E-state index in [1.165, 1.54) is 18.2 Å². The molecule has 21 heavy (non-hydrogen) atoms. The molecule has 116 valence electrons. The summed E-state index contributed by atoms with van der Waals surface area (Å²) in [6, 6.07) is 5.49. The Labute approximate surface area is 124 Å². The van der Waals surface area contributed by atoms with Gasteiger partial charge in [0.05, 0.1) is 11.5 Å². The van der Waals surface area contributed by atoms with Gasteiger partial charge in [-0.15, -0.1) is 0 Å². The fraction of sp³-hybridized carbons (Fsp3) is 0.500. The molecule has 0 heterocycles. The first kappa shape index (κ1) is 15.9. The van der Waals surface area contributed by atoms with Gasteiger partial charge in [0.2, 0.25) is 10.0 Å². The Hall–Kier alpha value is -1.44. The zero-order chi connectivity index (χ0) is 15.5. The van der Waals surface area contributed by atoms with Crippen LogP contribution in [-0.4, -0.2) is 38.6 Å². The van der Waals surface area contributed by atoms with E-state index in [1.54, 1.807) is 13.0 Å². The largest absolute Gasteiger partial charge is 0.394 e. The number of aliphatic hydroxyl groups excluding tert-OH is 1. The number of hydrogen-bond donors (Lipinski definition) is 3. The maximum atomic E-state index is 12.1. The Kier molecular flexibility index (Phi) is 4.97. The highest BCUT2D eigenvalue weighted by molar-refractivity contribution is 7.89. The zero-order valence-corrected chi connectivity index (χ0v) is 12.7. The third-order valence-electron chi connectivity index (χ3n) is 3.32. The lowest BCUT2D eigenvalue weighted by molar-refractivity contribution is 0.0922. The number of nitrogens with one attached hydrogen (secondary N) is 2. The first-order valence-electron chi connectivity index (χ1n) is 6.94. The molecule has 3 N–H and O–H groups in total. The number of hydrogen-bond acceptors (Lipinski definition) is 4. The molecular weight excluding hydrogens is 292 g/mol. The zero-order valence-electron chi connectivity index (χ0n) is 11.9. The van der Waals surface area contributed by atoms with Gasteiger partial charge in [0, 0.05) is 18.2 Å². The van der Waals surface area contributed by atoms with E-state index < -0.39 is 15.9 Å². The average molecular weight is 312 g/mol. The number of sulfonamides is 1. The Morgan fingerprint density at radius 2 is 2.14 bits per heavy atom. The molecule has 1 atom stereocenters. The van der Waals surface area contributed by atoms with Crippen LogP contribution in [0.2, 0.25) is 0 Å². The van der Waals surface area contributed by atoms with Crippen molar-refractivity contribution in [2.75, 3.05) is 13.2 Å². The summed E-state index contributed by atoms with van der Waals surface area (Å²) in [5.41, 5.74) is 0.254. The molecular formula is C14H20N2O4S. The van der Waals surface area contributed by atoms with Gasteiger partial charge in [0.25, 0.3) is 5.91 Å². The van der Waals surface area contributed by atoms with Crippen molar-refractivity contribution in [1.29, 1.82) is 0 Å². The van der Waals surface area contributed by atoms with E-state index in [0.29, 0.717) is 12.5 Å². The number of amides is 1. The van der Waals surface area contributed by atoms with E-state index in [9.17, 15) is 13.2 Å². The lowest BCUT2D eigenvalue weighted by atomic mass is 10.2. The number of benzene rings is 1. The lowest BCUT2D eigenvalue weighted by Crippen LogP contribution is -2.35. The van der Waals surface area contributed by atoms with Gasteiger partial charge in [-0.3, -0.25) is 4.79 Å². The average Bonchev–Trinajstić information content (AvgIpc) is 3.29. The minimum atomic E-state index is -3.58. The molecule has 0 aliphatic heterocycles. The summed E-state index contributed by atoms with van der Waals surface area (Å²) in [6.45, 7) is 1.93. The van der Waals surface area contributed by atoms with Gasteiger partial charge in [0.1, 0.15) is 0 Å². The van der Waals surface area contributed by atoms with Gasteiger partial charge in [-0.2, -0.15) is 0 Å². The highest BCUT2D eigenvalue weighted by atomic mass is 32.2. The third-order valence-corrected chi connectivity index (χ3v) is 4.74. The van der Waals surface area contributed by atoms with Crippen LogP contribution in [0.25, 0.3) is 0 Å². The maximum absolute atomic E-state index is 12.1. The molecule has 1 aliphatic carbocycles. The molecule has 7 heteroatoms. The number of carbonyl (C=O) groups excluding carboxylic acids is 1. The summed E-state index contributed by atoms with van der Waals surface area (Å²) in [6.07, 6.45) is 2.12. The number of rotatable bonds is 7. The summed E-state index contributed by atoms with van der Waals surface area (Å²) in [4.78, 5) is 12.0. The quantitative estimate of drug-likeness (QED) is 0.682. The predicted octanol–water partition coefficient (Wildman–Crippen LogP) is 0.486. The van der Waals surface area contributed by atoms with Crippen molar-refractivity contribution in [3.8, 4) is 0 Å². The first-order chi connectivity index (χ1) is 9.92. The minimum Gasteiger partial charge on any atom is -0.394 e. The monoisotopic (exact) mass is 312 g/mol. The van der Waals surface area contributed by atoms with Gasteiger partial charge in [-0.25, -0.2) is 13.1 Å². The van der Waals surface area contributed by atoms with E-state index in [2.05, 4.69) is 10.0 Å². The number of carbonyl (C=O) groups is 1. The molecule has 1 aliphatic rings. The van der Waals surface area contributed by atoms with E-state index in [-0.39, 0.29) is 23.1 Å². The van der Waals surface area contributed by atoms with Crippen molar-refractivity contribution in [1.82, 2.24) is 10.0 Å². The smallest absolute Gasteiger partial charge is 0.251 e. The molecule has 0 aromatic heterocycles. The van der Waals surface area contributed by atoms with Crippen LogP contribution in [0, 0.1) is 5.92 Å². The van der Waals surface area contributed by atoms with Crippen LogP contribution in [0.5, 0.6) is 0 Å². The molecule has 0 bridgehead atoms. The van der Waals surface area contributed by atoms with E-state index in [0.717, 1.165) is 12.8 Å². The predicted molar refractivity (Wildman–Crippen MR) is 78.4 cm³/mol. The van der Waals surface area contributed by atoms with E-state index in [4.69, 9.17) is 5.11 Å². The topological polar surface area (TPSA) is 95.5 Å². The molecule has 1 unspecified atom stereocenters. The molecule has 6 nitrogen and oxygen atoms in total. The van der Waals surface area contributed by atoms with Crippen LogP contribution in [0.4, 0.5) is 0 Å². The van der Waals surface area contributed by atoms with E-state index >= 15 is 0 Å². The second-order valence-corrected chi connectivity index (χ2v) is 7.15. The van der Waals surface area contributed by atoms with Gasteiger partial charge in [-0.1, -0.05) is 6.07 Å². The second-order valence-electron chi connectivity index (χ2n) is 5.38. The molecule has 1 saturated carbocycles. The van der Waals surface area contributed by atoms with Crippen molar-refractivity contribution in [2.24, 2.45) is 5.92 Å². The summed E-state index contributed by atoms with van der Waals surface area (Å²) in [5.74, 6) is 0.0347. The van der Waals surface area contributed by atoms with Gasteiger partial charge in [-0.05, 0) is 43.9 Å². The third kappa shape index (κ3) is 4.52. The second kappa shape index (κ2) is 6.55. The van der Waals surface area contributed by atoms with Crippen LogP contribution in [0.3, 0.4) is 0 Å². The van der Waals surface area contributed by atoms with Crippen LogP contribution in [0.1, 0.15) is 30.1 Å². The fourth-order valence-electron chi connectivity index (χ4n) is 1.79. The Morgan fingerprint density at radius 1 is 1.43 bits per heavy atom. The highest BCUT2D eigenvalue weighted by Gasteiger charge is 2.24. The molecule has 1 fully saturated rings. The minimum absolute atomic E-state index is 0.0763. The van der Waals surface area contributed by atoms with Crippen LogP contribution in [-0.2, 0) is 10.0 Å². The molecule has 1 amide bonds. The van der Waals surface area contributed by atoms with Crippen LogP contribution >= 0.6 is 0 Å². The maximum Gasteiger partial charge on any atom is 0.251 e. The molecule has 1 aromatic rings. The Balaban J connectivity index is 2.10. The lowest BCUT2D eigenvalue weighted by Gasteiger charge is -2.12. The van der Waals surface area contributed by atoms with Crippen molar-refractivity contribution in [3.05, 3.63) is 29.8 Å². The summed E-state index contributed by atoms with van der Waals surface area (Å²) < 4.78 is 26.8. The standard InChI is InChI=1S/C14H20N2O4S/c1-10(9-17)16-14(18)12-3-2-4-13(7-12)21(19,20)15-8-11-5-6-11/h2-4,7,10-11,15,17H,5-6,8-9H2,1H3,(H,16,18). The molecule has 1 aromatic carbocycles. The summed E-state index contributed by atoms with van der Waals surface area (Å²) >= 11 is 0. The first-order valence-corrected chi connectivity index (χ1v) is 8.42. The Morgan fingerprint density at radius 3 is 2.76 bits per heavy atom. The molecule has 0 saturated heterocycles. The Bertz CT molecular complexity index is 611.